The number of hydrogen-bond donors (Lipinski definition) is 2. The maximum absolute atomic E-state index is 12.9. The molecule has 0 bridgehead atoms. The van der Waals surface area contributed by atoms with Gasteiger partial charge in [0.1, 0.15) is 5.82 Å². The van der Waals surface area contributed by atoms with Gasteiger partial charge in [0.25, 0.3) is 5.91 Å². The van der Waals surface area contributed by atoms with Gasteiger partial charge in [-0.1, -0.05) is 18.6 Å². The van der Waals surface area contributed by atoms with E-state index in [1.807, 2.05) is 29.0 Å². The van der Waals surface area contributed by atoms with Crippen molar-refractivity contribution in [1.29, 1.82) is 0 Å². The van der Waals surface area contributed by atoms with E-state index in [0.29, 0.717) is 25.4 Å². The van der Waals surface area contributed by atoms with Gasteiger partial charge in [-0.2, -0.15) is 0 Å². The Bertz CT molecular complexity index is 829. The number of amides is 1. The Morgan fingerprint density at radius 1 is 1.37 bits per heavy atom. The Kier molecular flexibility index (Phi) is 4.95. The second-order valence-electron chi connectivity index (χ2n) is 8.51. The van der Waals surface area contributed by atoms with E-state index in [-0.39, 0.29) is 5.91 Å². The highest BCUT2D eigenvalue weighted by atomic mass is 16.3. The molecule has 1 amide bonds. The highest BCUT2D eigenvalue weighted by Gasteiger charge is 2.43. The number of aromatic amines is 1. The fraction of sp³-hybridized carbons (Fsp3) is 0.619. The number of aliphatic hydroxyl groups is 1. The molecule has 1 aromatic carbocycles. The lowest BCUT2D eigenvalue weighted by atomic mass is 9.83. The number of nitrogens with zero attached hydrogens (tertiary/aromatic N) is 3. The average Bonchev–Trinajstić information content (AvgIpc) is 2.98. The normalized spacial score (nSPS) is 24.0. The highest BCUT2D eigenvalue weighted by molar-refractivity contribution is 5.86. The van der Waals surface area contributed by atoms with Crippen molar-refractivity contribution in [2.24, 2.45) is 5.92 Å². The molecular formula is C21H30N4O2. The minimum atomic E-state index is -1.28. The van der Waals surface area contributed by atoms with E-state index in [1.165, 1.54) is 19.3 Å². The number of hydrogen-bond acceptors (Lipinski definition) is 4. The van der Waals surface area contributed by atoms with E-state index in [0.717, 1.165) is 41.9 Å². The molecule has 0 unspecified atom stereocenters. The van der Waals surface area contributed by atoms with Gasteiger partial charge in [-0.15, -0.1) is 0 Å². The molecule has 2 aromatic rings. The topological polar surface area (TPSA) is 72.5 Å². The summed E-state index contributed by atoms with van der Waals surface area (Å²) in [7, 11) is 1.94. The van der Waals surface area contributed by atoms with Crippen LogP contribution in [0.4, 0.5) is 0 Å². The SMILES string of the molecule is Cc1cccc2[nH]c(CN(C)C[C@]3(O)CCCN(CC4CCC4)C3=O)nc12. The molecule has 1 aromatic heterocycles. The molecule has 2 fully saturated rings. The van der Waals surface area contributed by atoms with Gasteiger partial charge in [0.05, 0.1) is 17.6 Å². The maximum atomic E-state index is 12.9. The van der Waals surface area contributed by atoms with Gasteiger partial charge in [0, 0.05) is 19.6 Å². The number of likely N-dealkylation sites (N-methyl/N-ethyl adjacent to an activating group) is 1. The molecule has 1 saturated heterocycles. The minimum Gasteiger partial charge on any atom is -0.379 e. The van der Waals surface area contributed by atoms with Crippen LogP contribution in [0, 0.1) is 12.8 Å². The summed E-state index contributed by atoms with van der Waals surface area (Å²) < 4.78 is 0. The van der Waals surface area contributed by atoms with E-state index in [1.54, 1.807) is 0 Å². The van der Waals surface area contributed by atoms with Crippen LogP contribution in [0.5, 0.6) is 0 Å². The van der Waals surface area contributed by atoms with Crippen LogP contribution in [0.3, 0.4) is 0 Å². The van der Waals surface area contributed by atoms with E-state index < -0.39 is 5.60 Å². The molecule has 146 valence electrons. The first-order chi connectivity index (χ1) is 12.9. The highest BCUT2D eigenvalue weighted by Crippen LogP contribution is 2.31. The van der Waals surface area contributed by atoms with Crippen molar-refractivity contribution in [3.63, 3.8) is 0 Å². The van der Waals surface area contributed by atoms with Gasteiger partial charge in [-0.05, 0) is 57.2 Å². The number of aryl methyl sites for hydroxylation is 1. The van der Waals surface area contributed by atoms with Gasteiger partial charge >= 0.3 is 0 Å². The van der Waals surface area contributed by atoms with Crippen LogP contribution in [0.1, 0.15) is 43.5 Å². The lowest BCUT2D eigenvalue weighted by molar-refractivity contribution is -0.160. The Morgan fingerprint density at radius 3 is 2.89 bits per heavy atom. The third kappa shape index (κ3) is 3.73. The summed E-state index contributed by atoms with van der Waals surface area (Å²) >= 11 is 0. The second-order valence-corrected chi connectivity index (χ2v) is 8.51. The zero-order chi connectivity index (χ0) is 19.0. The molecular weight excluding hydrogens is 340 g/mol. The number of aromatic nitrogens is 2. The maximum Gasteiger partial charge on any atom is 0.255 e. The van der Waals surface area contributed by atoms with Crippen molar-refractivity contribution in [3.05, 3.63) is 29.6 Å². The van der Waals surface area contributed by atoms with Crippen LogP contribution in [-0.4, -0.2) is 63.1 Å². The number of likely N-dealkylation sites (tertiary alicyclic amines) is 1. The molecule has 1 aliphatic carbocycles. The second kappa shape index (κ2) is 7.24. The van der Waals surface area contributed by atoms with Crippen LogP contribution in [-0.2, 0) is 11.3 Å². The summed E-state index contributed by atoms with van der Waals surface area (Å²) in [6, 6.07) is 6.09. The van der Waals surface area contributed by atoms with Crippen LogP contribution in [0.25, 0.3) is 11.0 Å². The van der Waals surface area contributed by atoms with E-state index >= 15 is 0 Å². The number of H-pyrrole nitrogens is 1. The Balaban J connectivity index is 1.41. The van der Waals surface area contributed by atoms with Crippen molar-refractivity contribution in [1.82, 2.24) is 19.8 Å². The van der Waals surface area contributed by atoms with Crippen molar-refractivity contribution in [2.75, 3.05) is 26.7 Å². The van der Waals surface area contributed by atoms with Crippen LogP contribution in [0.15, 0.2) is 18.2 Å². The fourth-order valence-electron chi connectivity index (χ4n) is 4.43. The molecule has 6 heteroatoms. The smallest absolute Gasteiger partial charge is 0.255 e. The number of fused-ring (bicyclic) bond motifs is 1. The number of rotatable bonds is 6. The van der Waals surface area contributed by atoms with Gasteiger partial charge in [-0.3, -0.25) is 9.69 Å². The molecule has 2 N–H and O–H groups in total. The third-order valence-corrected chi connectivity index (χ3v) is 6.12. The summed E-state index contributed by atoms with van der Waals surface area (Å²) in [6.07, 6.45) is 5.11. The van der Waals surface area contributed by atoms with Gasteiger partial charge < -0.3 is 15.0 Å². The Hall–Kier alpha value is -1.92. The van der Waals surface area contributed by atoms with Crippen LogP contribution in [0.2, 0.25) is 0 Å². The standard InChI is InChI=1S/C21H30N4O2/c1-15-6-3-9-17-19(15)23-18(22-17)13-24(2)14-21(27)10-5-11-25(20(21)26)12-16-7-4-8-16/h3,6,9,16,27H,4-5,7-8,10-14H2,1-2H3,(H,22,23)/t21-/m1/s1. The number of carbonyl (C=O) groups is 1. The van der Waals surface area contributed by atoms with E-state index in [2.05, 4.69) is 23.0 Å². The first-order valence-electron chi connectivity index (χ1n) is 10.1. The predicted molar refractivity (Wildman–Crippen MR) is 105 cm³/mol. The van der Waals surface area contributed by atoms with Crippen molar-refractivity contribution < 1.29 is 9.90 Å². The molecule has 4 rings (SSSR count). The largest absolute Gasteiger partial charge is 0.379 e. The first kappa shape index (κ1) is 18.4. The molecule has 1 aliphatic heterocycles. The number of imidazole rings is 1. The number of piperidine rings is 1. The third-order valence-electron chi connectivity index (χ3n) is 6.12. The van der Waals surface area contributed by atoms with Gasteiger partial charge in [0.2, 0.25) is 0 Å². The summed E-state index contributed by atoms with van der Waals surface area (Å²) in [4.78, 5) is 24.8. The Morgan fingerprint density at radius 2 is 2.19 bits per heavy atom. The number of benzene rings is 1. The molecule has 2 aliphatic rings. The lowest BCUT2D eigenvalue weighted by Crippen LogP contribution is -2.59. The quantitative estimate of drug-likeness (QED) is 0.819. The lowest BCUT2D eigenvalue weighted by Gasteiger charge is -2.42. The summed E-state index contributed by atoms with van der Waals surface area (Å²) in [5.74, 6) is 1.40. The molecule has 0 spiro atoms. The number of nitrogens with one attached hydrogen (secondary N) is 1. The zero-order valence-electron chi connectivity index (χ0n) is 16.4. The fourth-order valence-corrected chi connectivity index (χ4v) is 4.43. The van der Waals surface area contributed by atoms with Crippen LogP contribution < -0.4 is 0 Å². The first-order valence-corrected chi connectivity index (χ1v) is 10.1. The van der Waals surface area contributed by atoms with Gasteiger partial charge in [0.15, 0.2) is 5.60 Å². The van der Waals surface area contributed by atoms with Crippen molar-refractivity contribution in [3.8, 4) is 0 Å². The predicted octanol–water partition coefficient (Wildman–Crippen LogP) is 2.46. The van der Waals surface area contributed by atoms with E-state index in [9.17, 15) is 9.90 Å². The molecule has 2 heterocycles. The number of carbonyl (C=O) groups excluding carboxylic acids is 1. The van der Waals surface area contributed by atoms with E-state index in [4.69, 9.17) is 0 Å². The zero-order valence-corrected chi connectivity index (χ0v) is 16.4. The van der Waals surface area contributed by atoms with Gasteiger partial charge in [-0.25, -0.2) is 4.98 Å². The average molecular weight is 370 g/mol. The summed E-state index contributed by atoms with van der Waals surface area (Å²) in [5.41, 5.74) is 1.88. The summed E-state index contributed by atoms with van der Waals surface area (Å²) in [5, 5.41) is 11.1. The van der Waals surface area contributed by atoms with Crippen molar-refractivity contribution >= 4 is 16.9 Å². The summed E-state index contributed by atoms with van der Waals surface area (Å²) in [6.45, 7) is 4.56. The Labute approximate surface area is 160 Å². The molecule has 1 saturated carbocycles. The minimum absolute atomic E-state index is 0.0899. The molecule has 1 atom stereocenters. The molecule has 27 heavy (non-hydrogen) atoms. The molecule has 0 radical (unpaired) electrons. The van der Waals surface area contributed by atoms with Crippen LogP contribution >= 0.6 is 0 Å². The monoisotopic (exact) mass is 370 g/mol. The van der Waals surface area contributed by atoms with Crippen molar-refractivity contribution in [2.45, 2.75) is 51.2 Å². The molecule has 6 nitrogen and oxygen atoms in total. The number of para-hydroxylation sites is 1.